The summed E-state index contributed by atoms with van der Waals surface area (Å²) in [5.41, 5.74) is 3.52. The third-order valence-electron chi connectivity index (χ3n) is 3.77. The van der Waals surface area contributed by atoms with Crippen molar-refractivity contribution in [2.45, 2.75) is 26.7 Å². The molecule has 0 atom stereocenters. The van der Waals surface area contributed by atoms with Crippen LogP contribution < -0.4 is 10.6 Å². The van der Waals surface area contributed by atoms with Crippen molar-refractivity contribution >= 4 is 5.96 Å². The second kappa shape index (κ2) is 12.1. The van der Waals surface area contributed by atoms with E-state index in [0.29, 0.717) is 26.4 Å². The summed E-state index contributed by atoms with van der Waals surface area (Å²) in [7, 11) is 1.69. The Hall–Kier alpha value is -2.37. The van der Waals surface area contributed by atoms with Gasteiger partial charge in [0.25, 0.3) is 0 Å². The first-order chi connectivity index (χ1) is 12.8. The van der Waals surface area contributed by atoms with Gasteiger partial charge in [-0.3, -0.25) is 0 Å². The number of hydrogen-bond donors (Lipinski definition) is 2. The Kier molecular flexibility index (Phi) is 9.25. The summed E-state index contributed by atoms with van der Waals surface area (Å²) in [6.07, 6.45) is 0. The fourth-order valence-electron chi connectivity index (χ4n) is 2.39. The molecule has 0 aliphatic heterocycles. The van der Waals surface area contributed by atoms with Crippen LogP contribution >= 0.6 is 0 Å². The average molecular weight is 355 g/mol. The van der Waals surface area contributed by atoms with Gasteiger partial charge in [0.2, 0.25) is 0 Å². The van der Waals surface area contributed by atoms with Gasteiger partial charge in [-0.05, 0) is 23.6 Å². The Morgan fingerprint density at radius 1 is 0.885 bits per heavy atom. The van der Waals surface area contributed by atoms with Gasteiger partial charge in [-0.1, -0.05) is 54.6 Å². The minimum Gasteiger partial charge on any atom is -0.383 e. The van der Waals surface area contributed by atoms with E-state index in [-0.39, 0.29) is 0 Å². The number of benzene rings is 2. The van der Waals surface area contributed by atoms with Crippen molar-refractivity contribution in [2.75, 3.05) is 26.8 Å². The summed E-state index contributed by atoms with van der Waals surface area (Å²) in [6.45, 7) is 6.15. The molecule has 0 spiro atoms. The number of hydrogen-bond acceptors (Lipinski definition) is 3. The van der Waals surface area contributed by atoms with Crippen LogP contribution in [0.15, 0.2) is 59.6 Å². The molecule has 0 radical (unpaired) electrons. The predicted octanol–water partition coefficient (Wildman–Crippen LogP) is 3.10. The molecule has 2 aromatic carbocycles. The summed E-state index contributed by atoms with van der Waals surface area (Å²) >= 11 is 0. The van der Waals surface area contributed by atoms with Gasteiger partial charge in [0.15, 0.2) is 5.96 Å². The largest absolute Gasteiger partial charge is 0.383 e. The highest BCUT2D eigenvalue weighted by molar-refractivity contribution is 5.79. The number of nitrogens with zero attached hydrogens (tertiary/aromatic N) is 1. The van der Waals surface area contributed by atoms with Crippen LogP contribution in [0, 0.1) is 0 Å². The predicted molar refractivity (Wildman–Crippen MR) is 106 cm³/mol. The van der Waals surface area contributed by atoms with E-state index in [1.54, 1.807) is 7.11 Å². The molecule has 0 aliphatic carbocycles. The van der Waals surface area contributed by atoms with Crippen LogP contribution in [0.1, 0.15) is 23.6 Å². The normalized spacial score (nSPS) is 11.4. The number of aliphatic imine (C=N–C) groups is 1. The molecule has 5 nitrogen and oxygen atoms in total. The molecule has 0 unspecified atom stereocenters. The molecule has 0 aliphatic rings. The van der Waals surface area contributed by atoms with Crippen LogP contribution in [0.3, 0.4) is 0 Å². The van der Waals surface area contributed by atoms with Crippen LogP contribution in [-0.2, 0) is 29.2 Å². The SMILES string of the molecule is CCNC(=NCc1ccc(COCc2ccccc2)cc1)NCCOC. The van der Waals surface area contributed by atoms with E-state index >= 15 is 0 Å². The van der Waals surface area contributed by atoms with Crippen molar-refractivity contribution in [3.8, 4) is 0 Å². The standard InChI is InChI=1S/C21H29N3O2/c1-3-22-21(23-13-14-25-2)24-15-18-9-11-20(12-10-18)17-26-16-19-7-5-4-6-8-19/h4-12H,3,13-17H2,1-2H3,(H2,22,23,24). The fraction of sp³-hybridized carbons (Fsp3) is 0.381. The van der Waals surface area contributed by atoms with E-state index in [2.05, 4.69) is 58.9 Å². The van der Waals surface area contributed by atoms with Crippen molar-refractivity contribution in [1.29, 1.82) is 0 Å². The van der Waals surface area contributed by atoms with E-state index < -0.39 is 0 Å². The first-order valence-corrected chi connectivity index (χ1v) is 9.02. The van der Waals surface area contributed by atoms with Crippen LogP contribution in [0.25, 0.3) is 0 Å². The van der Waals surface area contributed by atoms with Crippen LogP contribution in [0.5, 0.6) is 0 Å². The number of rotatable bonds is 10. The summed E-state index contributed by atoms with van der Waals surface area (Å²) in [5, 5.41) is 6.47. The summed E-state index contributed by atoms with van der Waals surface area (Å²) in [6, 6.07) is 18.6. The zero-order chi connectivity index (χ0) is 18.5. The van der Waals surface area contributed by atoms with Crippen LogP contribution in [0.4, 0.5) is 0 Å². The third-order valence-corrected chi connectivity index (χ3v) is 3.77. The zero-order valence-corrected chi connectivity index (χ0v) is 15.7. The molecule has 0 aromatic heterocycles. The smallest absolute Gasteiger partial charge is 0.191 e. The third kappa shape index (κ3) is 7.68. The zero-order valence-electron chi connectivity index (χ0n) is 15.7. The van der Waals surface area contributed by atoms with E-state index in [0.717, 1.165) is 19.0 Å². The van der Waals surface area contributed by atoms with E-state index in [1.807, 2.05) is 18.2 Å². The highest BCUT2D eigenvalue weighted by Gasteiger charge is 1.99. The Morgan fingerprint density at radius 3 is 2.19 bits per heavy atom. The molecule has 26 heavy (non-hydrogen) atoms. The lowest BCUT2D eigenvalue weighted by Gasteiger charge is -2.11. The molecule has 0 fully saturated rings. The topological polar surface area (TPSA) is 54.9 Å². The van der Waals surface area contributed by atoms with Gasteiger partial charge in [-0.15, -0.1) is 0 Å². The molecular formula is C21H29N3O2. The highest BCUT2D eigenvalue weighted by Crippen LogP contribution is 2.09. The lowest BCUT2D eigenvalue weighted by atomic mass is 10.1. The van der Waals surface area contributed by atoms with Crippen LogP contribution in [-0.4, -0.2) is 32.8 Å². The Balaban J connectivity index is 1.79. The number of nitrogens with one attached hydrogen (secondary N) is 2. The van der Waals surface area contributed by atoms with Crippen LogP contribution in [0.2, 0.25) is 0 Å². The molecule has 5 heteroatoms. The average Bonchev–Trinajstić information content (AvgIpc) is 2.68. The summed E-state index contributed by atoms with van der Waals surface area (Å²) in [4.78, 5) is 4.59. The van der Waals surface area contributed by atoms with Gasteiger partial charge < -0.3 is 20.1 Å². The van der Waals surface area contributed by atoms with Gasteiger partial charge in [0.05, 0.1) is 26.4 Å². The van der Waals surface area contributed by atoms with Crippen molar-refractivity contribution in [1.82, 2.24) is 10.6 Å². The highest BCUT2D eigenvalue weighted by atomic mass is 16.5. The number of methoxy groups -OCH3 is 1. The fourth-order valence-corrected chi connectivity index (χ4v) is 2.39. The number of guanidine groups is 1. The Bertz CT molecular complexity index is 642. The molecule has 0 amide bonds. The van der Waals surface area contributed by atoms with E-state index in [9.17, 15) is 0 Å². The maximum Gasteiger partial charge on any atom is 0.191 e. The molecule has 140 valence electrons. The molecular weight excluding hydrogens is 326 g/mol. The van der Waals surface area contributed by atoms with Gasteiger partial charge in [-0.25, -0.2) is 4.99 Å². The Labute approximate surface area is 156 Å². The van der Waals surface area contributed by atoms with Gasteiger partial charge in [0, 0.05) is 20.2 Å². The lowest BCUT2D eigenvalue weighted by Crippen LogP contribution is -2.38. The van der Waals surface area contributed by atoms with Crippen molar-refractivity contribution in [2.24, 2.45) is 4.99 Å². The quantitative estimate of drug-likeness (QED) is 0.391. The second-order valence-electron chi connectivity index (χ2n) is 5.91. The maximum atomic E-state index is 5.77. The first kappa shape index (κ1) is 19.9. The van der Waals surface area contributed by atoms with Gasteiger partial charge in [-0.2, -0.15) is 0 Å². The van der Waals surface area contributed by atoms with Crippen molar-refractivity contribution < 1.29 is 9.47 Å². The summed E-state index contributed by atoms with van der Waals surface area (Å²) < 4.78 is 10.8. The molecule has 2 rings (SSSR count). The molecule has 0 saturated heterocycles. The van der Waals surface area contributed by atoms with E-state index in [1.165, 1.54) is 16.7 Å². The molecule has 0 heterocycles. The monoisotopic (exact) mass is 355 g/mol. The minimum atomic E-state index is 0.611. The van der Waals surface area contributed by atoms with Gasteiger partial charge >= 0.3 is 0 Å². The second-order valence-corrected chi connectivity index (χ2v) is 5.91. The van der Waals surface area contributed by atoms with Crippen molar-refractivity contribution in [3.05, 3.63) is 71.3 Å². The molecule has 0 bridgehead atoms. The van der Waals surface area contributed by atoms with E-state index in [4.69, 9.17) is 9.47 Å². The Morgan fingerprint density at radius 2 is 1.54 bits per heavy atom. The minimum absolute atomic E-state index is 0.611. The molecule has 2 aromatic rings. The first-order valence-electron chi connectivity index (χ1n) is 9.02. The number of ether oxygens (including phenoxy) is 2. The van der Waals surface area contributed by atoms with Gasteiger partial charge in [0.1, 0.15) is 0 Å². The lowest BCUT2D eigenvalue weighted by molar-refractivity contribution is 0.107. The summed E-state index contributed by atoms with van der Waals surface area (Å²) in [5.74, 6) is 0.805. The van der Waals surface area contributed by atoms with Crippen molar-refractivity contribution in [3.63, 3.8) is 0 Å². The maximum absolute atomic E-state index is 5.77. The molecule has 2 N–H and O–H groups in total. The molecule has 0 saturated carbocycles.